The highest BCUT2D eigenvalue weighted by molar-refractivity contribution is 7.86. The Labute approximate surface area is 135 Å². The zero-order valence-corrected chi connectivity index (χ0v) is 13.5. The Bertz CT molecular complexity index is 540. The molecule has 1 heterocycles. The Morgan fingerprint density at radius 2 is 1.17 bits per heavy atom. The average molecular weight is 350 g/mol. The average Bonchev–Trinajstić information content (AvgIpc) is 2.47. The van der Waals surface area contributed by atoms with Gasteiger partial charge in [-0.25, -0.2) is 0 Å². The number of fused-ring (bicyclic) bond motifs is 2. The first-order valence-corrected chi connectivity index (χ1v) is 8.42. The molecule has 0 atom stereocenters. The van der Waals surface area contributed by atoms with E-state index in [-0.39, 0.29) is 23.6 Å². The van der Waals surface area contributed by atoms with Crippen LogP contribution < -0.4 is 0 Å². The van der Waals surface area contributed by atoms with Gasteiger partial charge in [0.2, 0.25) is 0 Å². The molecule has 0 saturated carbocycles. The molecule has 1 aliphatic heterocycles. The van der Waals surface area contributed by atoms with Crippen molar-refractivity contribution in [2.45, 2.75) is 18.1 Å². The Balaban J connectivity index is 0.00000264. The number of ether oxygens (including phenoxy) is 4. The molecule has 0 unspecified atom stereocenters. The summed E-state index contributed by atoms with van der Waals surface area (Å²) in [5.41, 5.74) is 0.796. The lowest BCUT2D eigenvalue weighted by molar-refractivity contribution is -0.00523. The van der Waals surface area contributed by atoms with Crippen LogP contribution in [0.5, 0.6) is 0 Å². The van der Waals surface area contributed by atoms with Crippen LogP contribution in [0.3, 0.4) is 0 Å². The fourth-order valence-corrected chi connectivity index (χ4v) is 3.04. The Morgan fingerprint density at radius 3 is 1.57 bits per heavy atom. The van der Waals surface area contributed by atoms with E-state index < -0.39 is 10.1 Å². The van der Waals surface area contributed by atoms with Gasteiger partial charge in [-0.1, -0.05) is 18.2 Å². The minimum atomic E-state index is -4.36. The van der Waals surface area contributed by atoms with E-state index in [1.165, 1.54) is 0 Å². The molecule has 9 heteroatoms. The molecule has 0 amide bonds. The lowest BCUT2D eigenvalue weighted by Crippen LogP contribution is -2.11. The molecule has 1 aromatic rings. The number of rotatable bonds is 1. The van der Waals surface area contributed by atoms with E-state index in [0.717, 1.165) is 0 Å². The molecule has 0 saturated heterocycles. The number of hydrogen-bond donors (Lipinski definition) is 1. The second-order valence-electron chi connectivity index (χ2n) is 4.71. The number of hydrogen-bond acceptors (Lipinski definition) is 6. The van der Waals surface area contributed by atoms with Gasteiger partial charge in [-0.2, -0.15) is 8.42 Å². The monoisotopic (exact) mass is 350 g/mol. The van der Waals surface area contributed by atoms with Crippen LogP contribution in [-0.4, -0.2) is 58.1 Å². The third-order valence-electron chi connectivity index (χ3n) is 3.07. The minimum Gasteiger partial charge on any atom is -0.412 e. The summed E-state index contributed by atoms with van der Waals surface area (Å²) in [5.74, 6) is 0. The second kappa shape index (κ2) is 9.93. The van der Waals surface area contributed by atoms with E-state index in [2.05, 4.69) is 0 Å². The summed E-state index contributed by atoms with van der Waals surface area (Å²) in [4.78, 5) is -0.147. The van der Waals surface area contributed by atoms with Gasteiger partial charge in [0.15, 0.2) is 0 Å². The highest BCUT2D eigenvalue weighted by Crippen LogP contribution is 2.22. The summed E-state index contributed by atoms with van der Waals surface area (Å²) in [6.07, 6.45) is 0. The Hall–Kier alpha value is -1.07. The predicted molar refractivity (Wildman–Crippen MR) is 80.8 cm³/mol. The number of benzene rings is 1. The lowest BCUT2D eigenvalue weighted by atomic mass is 10.1. The molecule has 23 heavy (non-hydrogen) atoms. The molecule has 0 radical (unpaired) electrons. The van der Waals surface area contributed by atoms with Crippen molar-refractivity contribution in [3.05, 3.63) is 29.3 Å². The molecule has 0 fully saturated rings. The lowest BCUT2D eigenvalue weighted by Gasteiger charge is -2.13. The summed E-state index contributed by atoms with van der Waals surface area (Å²) < 4.78 is 54.2. The molecule has 3 N–H and O–H groups in total. The van der Waals surface area contributed by atoms with Crippen LogP contribution in [0.2, 0.25) is 0 Å². The van der Waals surface area contributed by atoms with Crippen molar-refractivity contribution in [1.82, 2.24) is 0 Å². The SMILES string of the molecule is O.O=S(=O)(O)c1c2cccc1COCCOCCOCCOC2. The van der Waals surface area contributed by atoms with Crippen LogP contribution in [0.4, 0.5) is 0 Å². The molecular formula is C14H22O8S. The Kier molecular flexibility index (Phi) is 8.63. The predicted octanol–water partition coefficient (Wildman–Crippen LogP) is 0.189. The zero-order chi connectivity index (χ0) is 15.8. The second-order valence-corrected chi connectivity index (χ2v) is 6.07. The van der Waals surface area contributed by atoms with Crippen molar-refractivity contribution in [3.63, 3.8) is 0 Å². The van der Waals surface area contributed by atoms with Gasteiger partial charge >= 0.3 is 0 Å². The molecular weight excluding hydrogens is 328 g/mol. The molecule has 0 aromatic heterocycles. The quantitative estimate of drug-likeness (QED) is 0.717. The van der Waals surface area contributed by atoms with Crippen LogP contribution in [-0.2, 0) is 42.3 Å². The van der Waals surface area contributed by atoms with E-state index in [0.29, 0.717) is 50.8 Å². The molecule has 0 spiro atoms. The van der Waals surface area contributed by atoms with Gasteiger partial charge in [0.1, 0.15) is 4.90 Å². The topological polar surface area (TPSA) is 123 Å². The Morgan fingerprint density at radius 1 is 0.783 bits per heavy atom. The summed E-state index contributed by atoms with van der Waals surface area (Å²) in [7, 11) is -4.36. The summed E-state index contributed by atoms with van der Waals surface area (Å²) >= 11 is 0. The van der Waals surface area contributed by atoms with Crippen molar-refractivity contribution < 1.29 is 37.4 Å². The minimum absolute atomic E-state index is 0. The van der Waals surface area contributed by atoms with Crippen molar-refractivity contribution in [3.8, 4) is 0 Å². The summed E-state index contributed by atoms with van der Waals surface area (Å²) in [6, 6.07) is 4.92. The maximum atomic E-state index is 11.7. The van der Waals surface area contributed by atoms with Gasteiger partial charge in [-0.15, -0.1) is 0 Å². The summed E-state index contributed by atoms with van der Waals surface area (Å²) in [5, 5.41) is 0. The van der Waals surface area contributed by atoms with E-state index >= 15 is 0 Å². The normalized spacial score (nSPS) is 18.3. The molecule has 1 aliphatic rings. The molecule has 2 rings (SSSR count). The highest BCUT2D eigenvalue weighted by Gasteiger charge is 2.20. The maximum Gasteiger partial charge on any atom is 0.295 e. The van der Waals surface area contributed by atoms with Gasteiger partial charge in [0, 0.05) is 0 Å². The van der Waals surface area contributed by atoms with E-state index in [9.17, 15) is 13.0 Å². The first-order chi connectivity index (χ1) is 10.6. The molecule has 0 aliphatic carbocycles. The molecule has 8 nitrogen and oxygen atoms in total. The van der Waals surface area contributed by atoms with Crippen molar-refractivity contribution in [1.29, 1.82) is 0 Å². The third-order valence-corrected chi connectivity index (χ3v) is 4.11. The first kappa shape index (κ1) is 20.0. The molecule has 132 valence electrons. The van der Waals surface area contributed by atoms with Gasteiger partial charge < -0.3 is 24.4 Å². The zero-order valence-electron chi connectivity index (χ0n) is 12.7. The van der Waals surface area contributed by atoms with E-state index in [1.54, 1.807) is 18.2 Å². The third kappa shape index (κ3) is 6.51. The van der Waals surface area contributed by atoms with Gasteiger partial charge in [-0.3, -0.25) is 4.55 Å². The van der Waals surface area contributed by atoms with Crippen LogP contribution in [0.25, 0.3) is 0 Å². The standard InChI is InChI=1S/C14H20O7S.H2O/c15-22(16,17)14-12-2-1-3-13(14)11-21-9-7-19-5-4-18-6-8-20-10-12;/h1-3H,4-11H2,(H,15,16,17);1H2. The summed E-state index contributed by atoms with van der Waals surface area (Å²) in [6.45, 7) is 2.51. The molecule has 1 aromatic carbocycles. The van der Waals surface area contributed by atoms with Crippen LogP contribution in [0, 0.1) is 0 Å². The van der Waals surface area contributed by atoms with Gasteiger partial charge in [-0.05, 0) is 11.1 Å². The van der Waals surface area contributed by atoms with Crippen LogP contribution in [0.1, 0.15) is 11.1 Å². The smallest absolute Gasteiger partial charge is 0.295 e. The largest absolute Gasteiger partial charge is 0.412 e. The van der Waals surface area contributed by atoms with Crippen molar-refractivity contribution in [2.24, 2.45) is 0 Å². The van der Waals surface area contributed by atoms with E-state index in [4.69, 9.17) is 18.9 Å². The van der Waals surface area contributed by atoms with Crippen molar-refractivity contribution in [2.75, 3.05) is 39.6 Å². The maximum absolute atomic E-state index is 11.7. The van der Waals surface area contributed by atoms with Crippen LogP contribution >= 0.6 is 0 Å². The van der Waals surface area contributed by atoms with Crippen LogP contribution in [0.15, 0.2) is 23.1 Å². The molecule has 2 bridgehead atoms. The van der Waals surface area contributed by atoms with Gasteiger partial charge in [0.05, 0.1) is 52.9 Å². The fourth-order valence-electron chi connectivity index (χ4n) is 2.12. The van der Waals surface area contributed by atoms with Gasteiger partial charge in [0.25, 0.3) is 10.1 Å². The first-order valence-electron chi connectivity index (χ1n) is 6.98. The van der Waals surface area contributed by atoms with E-state index in [1.807, 2.05) is 0 Å². The fraction of sp³-hybridized carbons (Fsp3) is 0.571. The van der Waals surface area contributed by atoms with Crippen molar-refractivity contribution >= 4 is 10.1 Å². The highest BCUT2D eigenvalue weighted by atomic mass is 32.2.